The fourth-order valence-corrected chi connectivity index (χ4v) is 3.70. The van der Waals surface area contributed by atoms with Crippen LogP contribution in [0, 0.1) is 0 Å². The van der Waals surface area contributed by atoms with Crippen LogP contribution in [0.2, 0.25) is 0 Å². The van der Waals surface area contributed by atoms with Gasteiger partial charge in [-0.3, -0.25) is 0 Å². The summed E-state index contributed by atoms with van der Waals surface area (Å²) >= 11 is 5.27. The van der Waals surface area contributed by atoms with E-state index in [4.69, 9.17) is 9.97 Å². The van der Waals surface area contributed by atoms with E-state index >= 15 is 0 Å². The predicted octanol–water partition coefficient (Wildman–Crippen LogP) is 4.01. The first-order valence-electron chi connectivity index (χ1n) is 7.27. The van der Waals surface area contributed by atoms with E-state index in [2.05, 4.69) is 45.5 Å². The van der Waals surface area contributed by atoms with Crippen LogP contribution in [-0.2, 0) is 18.8 Å². The third kappa shape index (κ3) is 3.00. The number of rotatable bonds is 4. The number of thioether (sulfide) groups is 1. The van der Waals surface area contributed by atoms with Gasteiger partial charge in [0.1, 0.15) is 5.82 Å². The zero-order chi connectivity index (χ0) is 14.2. The Hall–Kier alpha value is -0.910. The third-order valence-electron chi connectivity index (χ3n) is 3.91. The van der Waals surface area contributed by atoms with Gasteiger partial charge >= 0.3 is 0 Å². The summed E-state index contributed by atoms with van der Waals surface area (Å²) in [6.07, 6.45) is 2.59. The normalized spacial score (nSPS) is 17.0. The lowest BCUT2D eigenvalue weighted by molar-refractivity contribution is 0.755. The molecule has 1 aromatic carbocycles. The largest absolute Gasteiger partial charge is 0.307 e. The highest BCUT2D eigenvalue weighted by Crippen LogP contribution is 2.42. The third-order valence-corrected chi connectivity index (χ3v) is 5.45. The topological polar surface area (TPSA) is 37.8 Å². The second-order valence-electron chi connectivity index (χ2n) is 5.57. The summed E-state index contributed by atoms with van der Waals surface area (Å²) in [5.74, 6) is 2.51. The van der Waals surface area contributed by atoms with Crippen LogP contribution < -0.4 is 5.32 Å². The van der Waals surface area contributed by atoms with Gasteiger partial charge < -0.3 is 5.32 Å². The van der Waals surface area contributed by atoms with Gasteiger partial charge in [0.2, 0.25) is 0 Å². The van der Waals surface area contributed by atoms with Crippen LogP contribution in [0.25, 0.3) is 0 Å². The second-order valence-corrected chi connectivity index (χ2v) is 7.54. The highest BCUT2D eigenvalue weighted by molar-refractivity contribution is 9.10. The maximum atomic E-state index is 4.86. The Morgan fingerprint density at radius 3 is 2.71 bits per heavy atom. The molecule has 0 saturated heterocycles. The first-order chi connectivity index (χ1) is 10.3. The number of benzene rings is 1. The molecule has 21 heavy (non-hydrogen) atoms. The molecule has 0 spiro atoms. The summed E-state index contributed by atoms with van der Waals surface area (Å²) in [6, 6.07) is 8.41. The van der Waals surface area contributed by atoms with Crippen molar-refractivity contribution in [2.24, 2.45) is 0 Å². The molecule has 1 aromatic heterocycles. The minimum Gasteiger partial charge on any atom is -0.307 e. The van der Waals surface area contributed by atoms with E-state index in [0.29, 0.717) is 5.92 Å². The van der Waals surface area contributed by atoms with Gasteiger partial charge in [0.25, 0.3) is 0 Å². The van der Waals surface area contributed by atoms with Crippen molar-refractivity contribution in [3.05, 3.63) is 51.5 Å². The maximum Gasteiger partial charge on any atom is 0.139 e. The molecule has 1 saturated carbocycles. The Morgan fingerprint density at radius 1 is 1.14 bits per heavy atom. The highest BCUT2D eigenvalue weighted by Gasteiger charge is 2.31. The van der Waals surface area contributed by atoms with Crippen molar-refractivity contribution in [2.45, 2.75) is 42.5 Å². The van der Waals surface area contributed by atoms with Gasteiger partial charge in [-0.25, -0.2) is 9.97 Å². The van der Waals surface area contributed by atoms with E-state index in [1.54, 1.807) is 11.8 Å². The molecule has 1 aliphatic carbocycles. The minimum atomic E-state index is 0.693. The molecule has 1 fully saturated rings. The van der Waals surface area contributed by atoms with Crippen molar-refractivity contribution in [3.8, 4) is 0 Å². The van der Waals surface area contributed by atoms with Crippen LogP contribution in [0.4, 0.5) is 0 Å². The van der Waals surface area contributed by atoms with Gasteiger partial charge in [0.05, 0.1) is 17.1 Å². The molecule has 0 unspecified atom stereocenters. The maximum absolute atomic E-state index is 4.86. The van der Waals surface area contributed by atoms with Gasteiger partial charge in [-0.1, -0.05) is 15.9 Å². The Kier molecular flexibility index (Phi) is 3.73. The summed E-state index contributed by atoms with van der Waals surface area (Å²) in [7, 11) is 0. The molecule has 5 heteroatoms. The first-order valence-corrected chi connectivity index (χ1v) is 9.05. The van der Waals surface area contributed by atoms with Gasteiger partial charge in [-0.2, -0.15) is 0 Å². The fourth-order valence-electron chi connectivity index (χ4n) is 2.69. The van der Waals surface area contributed by atoms with E-state index in [1.807, 2.05) is 0 Å². The van der Waals surface area contributed by atoms with Crippen molar-refractivity contribution in [1.29, 1.82) is 0 Å². The SMILES string of the molecule is Brc1ccc(SCc2nc3c(c(C4CC4)n2)CNC3)cc1. The highest BCUT2D eigenvalue weighted by atomic mass is 79.9. The van der Waals surface area contributed by atoms with E-state index in [9.17, 15) is 0 Å². The summed E-state index contributed by atoms with van der Waals surface area (Å²) < 4.78 is 1.11. The lowest BCUT2D eigenvalue weighted by atomic mass is 10.1. The van der Waals surface area contributed by atoms with E-state index in [0.717, 1.165) is 29.1 Å². The first kappa shape index (κ1) is 13.7. The molecule has 1 aliphatic heterocycles. The molecule has 2 aromatic rings. The molecular formula is C16H16BrN3S. The van der Waals surface area contributed by atoms with Gasteiger partial charge in [-0.05, 0) is 37.1 Å². The molecule has 3 nitrogen and oxygen atoms in total. The van der Waals surface area contributed by atoms with Crippen molar-refractivity contribution < 1.29 is 0 Å². The summed E-state index contributed by atoms with van der Waals surface area (Å²) in [4.78, 5) is 10.9. The number of hydrogen-bond acceptors (Lipinski definition) is 4. The lowest BCUT2D eigenvalue weighted by Gasteiger charge is -2.09. The summed E-state index contributed by atoms with van der Waals surface area (Å²) in [6.45, 7) is 1.84. The number of fused-ring (bicyclic) bond motifs is 1. The van der Waals surface area contributed by atoms with Crippen LogP contribution in [0.3, 0.4) is 0 Å². The quantitative estimate of drug-likeness (QED) is 0.834. The van der Waals surface area contributed by atoms with Gasteiger partial charge in [0.15, 0.2) is 0 Å². The number of nitrogens with one attached hydrogen (secondary N) is 1. The number of aromatic nitrogens is 2. The summed E-state index contributed by atoms with van der Waals surface area (Å²) in [5.41, 5.74) is 3.91. The van der Waals surface area contributed by atoms with E-state index in [1.165, 1.54) is 34.7 Å². The molecule has 0 radical (unpaired) electrons. The zero-order valence-electron chi connectivity index (χ0n) is 11.6. The van der Waals surface area contributed by atoms with Crippen molar-refractivity contribution in [1.82, 2.24) is 15.3 Å². The standard InChI is InChI=1S/C16H16BrN3S/c17-11-3-5-12(6-4-11)21-9-15-19-14-8-18-7-13(14)16(20-15)10-1-2-10/h3-6,10,18H,1-2,7-9H2. The molecule has 108 valence electrons. The minimum absolute atomic E-state index is 0.693. The summed E-state index contributed by atoms with van der Waals surface area (Å²) in [5, 5.41) is 3.40. The molecular weight excluding hydrogens is 346 g/mol. The van der Waals surface area contributed by atoms with E-state index < -0.39 is 0 Å². The van der Waals surface area contributed by atoms with Crippen LogP contribution in [0.1, 0.15) is 41.5 Å². The molecule has 0 atom stereocenters. The second kappa shape index (κ2) is 5.71. The Balaban J connectivity index is 1.55. The van der Waals surface area contributed by atoms with Gasteiger partial charge in [-0.15, -0.1) is 11.8 Å². The average molecular weight is 362 g/mol. The van der Waals surface area contributed by atoms with Crippen LogP contribution in [-0.4, -0.2) is 9.97 Å². The number of nitrogens with zero attached hydrogens (tertiary/aromatic N) is 2. The predicted molar refractivity (Wildman–Crippen MR) is 88.3 cm³/mol. The molecule has 1 N–H and O–H groups in total. The number of hydrogen-bond donors (Lipinski definition) is 1. The van der Waals surface area contributed by atoms with E-state index in [-0.39, 0.29) is 0 Å². The van der Waals surface area contributed by atoms with Gasteiger partial charge in [0, 0.05) is 33.9 Å². The number of halogens is 1. The van der Waals surface area contributed by atoms with Crippen molar-refractivity contribution in [2.75, 3.05) is 0 Å². The molecule has 0 amide bonds. The van der Waals surface area contributed by atoms with Crippen LogP contribution in [0.15, 0.2) is 33.6 Å². The Morgan fingerprint density at radius 2 is 1.95 bits per heavy atom. The smallest absolute Gasteiger partial charge is 0.139 e. The van der Waals surface area contributed by atoms with Crippen molar-refractivity contribution in [3.63, 3.8) is 0 Å². The van der Waals surface area contributed by atoms with Crippen molar-refractivity contribution >= 4 is 27.7 Å². The fraction of sp³-hybridized carbons (Fsp3) is 0.375. The zero-order valence-corrected chi connectivity index (χ0v) is 14.0. The van der Waals surface area contributed by atoms with Crippen LogP contribution in [0.5, 0.6) is 0 Å². The monoisotopic (exact) mass is 361 g/mol. The molecule has 2 heterocycles. The Bertz CT molecular complexity index is 668. The van der Waals surface area contributed by atoms with Crippen LogP contribution >= 0.6 is 27.7 Å². The average Bonchev–Trinajstić information content (AvgIpc) is 3.23. The Labute approximate surface area is 137 Å². The molecule has 0 bridgehead atoms. The molecule has 2 aliphatic rings. The lowest BCUT2D eigenvalue weighted by Crippen LogP contribution is -2.04. The molecule has 4 rings (SSSR count).